The second-order valence-corrected chi connectivity index (χ2v) is 7.73. The third-order valence-corrected chi connectivity index (χ3v) is 5.39. The highest BCUT2D eigenvalue weighted by atomic mass is 32.2. The summed E-state index contributed by atoms with van der Waals surface area (Å²) in [6, 6.07) is 6.33. The molecule has 0 bridgehead atoms. The number of aromatic nitrogens is 1. The molecule has 7 nitrogen and oxygen atoms in total. The predicted molar refractivity (Wildman–Crippen MR) is 86.8 cm³/mol. The van der Waals surface area contributed by atoms with Crippen LogP contribution in [0.4, 0.5) is 0 Å². The maximum atomic E-state index is 12.1. The van der Waals surface area contributed by atoms with Crippen LogP contribution < -0.4 is 0 Å². The molecule has 0 spiro atoms. The molecule has 0 aliphatic heterocycles. The fraction of sp³-hybridized carbons (Fsp3) is 0.375. The minimum Gasteiger partial charge on any atom is -0.461 e. The molecule has 0 atom stereocenters. The van der Waals surface area contributed by atoms with Crippen LogP contribution in [0.25, 0.3) is 0 Å². The zero-order chi connectivity index (χ0) is 17.9. The molecular formula is C16H20N2O5S. The van der Waals surface area contributed by atoms with Gasteiger partial charge in [-0.25, -0.2) is 12.7 Å². The molecule has 130 valence electrons. The molecule has 8 heteroatoms. The second kappa shape index (κ2) is 7.14. The number of aryl methyl sites for hydroxylation is 2. The monoisotopic (exact) mass is 352 g/mol. The number of benzene rings is 1. The molecule has 1 heterocycles. The topological polar surface area (TPSA) is 89.7 Å². The summed E-state index contributed by atoms with van der Waals surface area (Å²) in [4.78, 5) is 12.1. The fourth-order valence-corrected chi connectivity index (χ4v) is 3.09. The summed E-state index contributed by atoms with van der Waals surface area (Å²) in [5, 5.41) is 3.79. The van der Waals surface area contributed by atoms with Gasteiger partial charge in [-0.05, 0) is 31.5 Å². The number of nitrogens with zero attached hydrogens (tertiary/aromatic N) is 2. The van der Waals surface area contributed by atoms with Gasteiger partial charge in [-0.15, -0.1) is 0 Å². The van der Waals surface area contributed by atoms with E-state index in [0.717, 1.165) is 4.31 Å². The lowest BCUT2D eigenvalue weighted by Crippen LogP contribution is -2.22. The smallest absolute Gasteiger partial charge is 0.310 e. The van der Waals surface area contributed by atoms with Crippen molar-refractivity contribution in [3.05, 3.63) is 46.8 Å². The van der Waals surface area contributed by atoms with Gasteiger partial charge in [0.25, 0.3) is 0 Å². The van der Waals surface area contributed by atoms with Crippen molar-refractivity contribution in [2.75, 3.05) is 14.1 Å². The molecule has 0 amide bonds. The summed E-state index contributed by atoms with van der Waals surface area (Å²) in [7, 11) is -0.590. The number of hydrogen-bond acceptors (Lipinski definition) is 6. The Bertz CT molecular complexity index is 820. The van der Waals surface area contributed by atoms with E-state index >= 15 is 0 Å². The van der Waals surface area contributed by atoms with Gasteiger partial charge < -0.3 is 9.26 Å². The minimum atomic E-state index is -3.52. The van der Waals surface area contributed by atoms with E-state index in [4.69, 9.17) is 9.26 Å². The number of esters is 1. The van der Waals surface area contributed by atoms with Gasteiger partial charge in [0.1, 0.15) is 12.4 Å². The highest BCUT2D eigenvalue weighted by molar-refractivity contribution is 7.89. The molecule has 0 fully saturated rings. The Morgan fingerprint density at radius 2 is 2.00 bits per heavy atom. The van der Waals surface area contributed by atoms with Crippen LogP contribution in [0.15, 0.2) is 33.7 Å². The van der Waals surface area contributed by atoms with Gasteiger partial charge in [-0.2, -0.15) is 0 Å². The van der Waals surface area contributed by atoms with Crippen LogP contribution in [0.3, 0.4) is 0 Å². The quantitative estimate of drug-likeness (QED) is 0.737. The standard InChI is InChI=1S/C16H20N2O5S/c1-11-15(12(2)23-17-11)9-16(19)22-10-13-6-5-7-14(8-13)24(20,21)18(3)4/h5-8H,9-10H2,1-4H3. The van der Waals surface area contributed by atoms with Gasteiger partial charge in [0.2, 0.25) is 10.0 Å². The summed E-state index contributed by atoms with van der Waals surface area (Å²) >= 11 is 0. The minimum absolute atomic E-state index is 0.000995. The van der Waals surface area contributed by atoms with Gasteiger partial charge in [0.05, 0.1) is 17.0 Å². The third kappa shape index (κ3) is 4.01. The van der Waals surface area contributed by atoms with E-state index in [-0.39, 0.29) is 17.9 Å². The Kier molecular flexibility index (Phi) is 5.40. The molecule has 0 saturated carbocycles. The van der Waals surface area contributed by atoms with E-state index in [9.17, 15) is 13.2 Å². The van der Waals surface area contributed by atoms with E-state index in [1.807, 2.05) is 0 Å². The van der Waals surface area contributed by atoms with E-state index < -0.39 is 16.0 Å². The van der Waals surface area contributed by atoms with Gasteiger partial charge in [-0.1, -0.05) is 17.3 Å². The fourth-order valence-electron chi connectivity index (χ4n) is 2.12. The summed E-state index contributed by atoms with van der Waals surface area (Å²) in [6.45, 7) is 3.49. The number of ether oxygens (including phenoxy) is 1. The average Bonchev–Trinajstić information content (AvgIpc) is 2.85. The van der Waals surface area contributed by atoms with Crippen molar-refractivity contribution in [3.63, 3.8) is 0 Å². The molecule has 0 N–H and O–H groups in total. The van der Waals surface area contributed by atoms with Crippen molar-refractivity contribution in [3.8, 4) is 0 Å². The number of carbonyl (C=O) groups is 1. The zero-order valence-corrected chi connectivity index (χ0v) is 14.9. The lowest BCUT2D eigenvalue weighted by Gasteiger charge is -2.12. The molecule has 0 aliphatic carbocycles. The lowest BCUT2D eigenvalue weighted by molar-refractivity contribution is -0.144. The van der Waals surface area contributed by atoms with Crippen molar-refractivity contribution in [1.82, 2.24) is 9.46 Å². The Labute approximate surface area is 141 Å². The van der Waals surface area contributed by atoms with Crippen molar-refractivity contribution in [1.29, 1.82) is 0 Å². The lowest BCUT2D eigenvalue weighted by atomic mass is 10.1. The average molecular weight is 352 g/mol. The number of carbonyl (C=O) groups excluding carboxylic acids is 1. The first-order valence-corrected chi connectivity index (χ1v) is 8.74. The molecule has 0 radical (unpaired) electrons. The number of sulfonamides is 1. The third-order valence-electron chi connectivity index (χ3n) is 3.58. The summed E-state index contributed by atoms with van der Waals surface area (Å²) in [6.07, 6.45) is 0.0663. The molecule has 2 rings (SSSR count). The highest BCUT2D eigenvalue weighted by Crippen LogP contribution is 2.17. The number of hydrogen-bond donors (Lipinski definition) is 0. The van der Waals surface area contributed by atoms with Crippen LogP contribution in [0, 0.1) is 13.8 Å². The summed E-state index contributed by atoms with van der Waals surface area (Å²) < 4.78 is 35.6. The van der Waals surface area contributed by atoms with Crippen molar-refractivity contribution in [2.45, 2.75) is 31.8 Å². The first-order chi connectivity index (χ1) is 11.2. The van der Waals surface area contributed by atoms with Gasteiger partial charge in [-0.3, -0.25) is 4.79 Å². The Morgan fingerprint density at radius 3 is 2.58 bits per heavy atom. The van der Waals surface area contributed by atoms with Gasteiger partial charge in [0, 0.05) is 19.7 Å². The van der Waals surface area contributed by atoms with Gasteiger partial charge >= 0.3 is 5.97 Å². The molecular weight excluding hydrogens is 332 g/mol. The normalized spacial score (nSPS) is 11.7. The van der Waals surface area contributed by atoms with Crippen LogP contribution in [-0.2, 0) is 32.6 Å². The largest absolute Gasteiger partial charge is 0.461 e. The van der Waals surface area contributed by atoms with Crippen LogP contribution in [-0.4, -0.2) is 37.9 Å². The molecule has 1 aromatic carbocycles. The van der Waals surface area contributed by atoms with Crippen LogP contribution in [0.5, 0.6) is 0 Å². The van der Waals surface area contributed by atoms with Crippen LogP contribution in [0.2, 0.25) is 0 Å². The van der Waals surface area contributed by atoms with E-state index in [1.165, 1.54) is 26.2 Å². The van der Waals surface area contributed by atoms with Crippen molar-refractivity contribution in [2.24, 2.45) is 0 Å². The first kappa shape index (κ1) is 18.2. The summed E-state index contributed by atoms with van der Waals surface area (Å²) in [5.41, 5.74) is 1.97. The maximum absolute atomic E-state index is 12.1. The number of rotatable bonds is 6. The Morgan fingerprint density at radius 1 is 1.29 bits per heavy atom. The first-order valence-electron chi connectivity index (χ1n) is 7.30. The SMILES string of the molecule is Cc1noc(C)c1CC(=O)OCc1cccc(S(=O)(=O)N(C)C)c1. The van der Waals surface area contributed by atoms with Crippen LogP contribution in [0.1, 0.15) is 22.6 Å². The van der Waals surface area contributed by atoms with Crippen molar-refractivity contribution < 1.29 is 22.5 Å². The van der Waals surface area contributed by atoms with Gasteiger partial charge in [0.15, 0.2) is 0 Å². The zero-order valence-electron chi connectivity index (χ0n) is 14.1. The van der Waals surface area contributed by atoms with Crippen molar-refractivity contribution >= 4 is 16.0 Å². The van der Waals surface area contributed by atoms with E-state index in [0.29, 0.717) is 22.6 Å². The van der Waals surface area contributed by atoms with E-state index in [1.54, 1.807) is 26.0 Å². The summed E-state index contributed by atoms with van der Waals surface area (Å²) in [5.74, 6) is 0.161. The second-order valence-electron chi connectivity index (χ2n) is 5.58. The molecule has 0 unspecified atom stereocenters. The Hall–Kier alpha value is -2.19. The highest BCUT2D eigenvalue weighted by Gasteiger charge is 2.18. The van der Waals surface area contributed by atoms with Crippen LogP contribution >= 0.6 is 0 Å². The molecule has 0 saturated heterocycles. The maximum Gasteiger partial charge on any atom is 0.310 e. The molecule has 24 heavy (non-hydrogen) atoms. The molecule has 1 aromatic heterocycles. The molecule has 2 aromatic rings. The van der Waals surface area contributed by atoms with E-state index in [2.05, 4.69) is 5.16 Å². The predicted octanol–water partition coefficient (Wildman–Crippen LogP) is 1.83. The molecule has 0 aliphatic rings. The Balaban J connectivity index is 2.04.